The third-order valence-electron chi connectivity index (χ3n) is 5.05. The predicted octanol–water partition coefficient (Wildman–Crippen LogP) is 2.61. The number of rotatable bonds is 4. The second kappa shape index (κ2) is 9.57. The zero-order valence-corrected chi connectivity index (χ0v) is 19.7. The molecule has 2 aliphatic rings. The number of nitrogens with one attached hydrogen (secondary N) is 1. The van der Waals surface area contributed by atoms with Crippen molar-refractivity contribution in [2.45, 2.75) is 0 Å². The maximum Gasteiger partial charge on any atom is 0.337 e. The van der Waals surface area contributed by atoms with E-state index in [1.165, 1.54) is 23.0 Å². The van der Waals surface area contributed by atoms with E-state index >= 15 is 0 Å². The van der Waals surface area contributed by atoms with Crippen LogP contribution >= 0.6 is 24.0 Å². The van der Waals surface area contributed by atoms with E-state index in [0.717, 1.165) is 11.8 Å². The Kier molecular flexibility index (Phi) is 6.57. The van der Waals surface area contributed by atoms with Gasteiger partial charge in [-0.3, -0.25) is 24.2 Å². The molecule has 4 rings (SSSR count). The topological polar surface area (TPSA) is 108 Å². The van der Waals surface area contributed by atoms with Gasteiger partial charge in [0.05, 0.1) is 29.0 Å². The highest BCUT2D eigenvalue weighted by molar-refractivity contribution is 8.18. The standard InChI is InChI=1S/C23H18N4O5S2/c1-26-20(30)17(34-23(26)24-14-10-8-13(9-11-14)21(31)32-2)12-16-18(28)25-22(33)27(19(16)29)15-6-4-3-5-7-15/h3-12,16H,1-2H3,(H,25,28,33). The van der Waals surface area contributed by atoms with Crippen molar-refractivity contribution in [2.24, 2.45) is 10.9 Å². The smallest absolute Gasteiger partial charge is 0.337 e. The molecule has 0 aromatic heterocycles. The molecule has 11 heteroatoms. The molecule has 1 unspecified atom stereocenters. The SMILES string of the molecule is COC(=O)c1ccc(N=C2SC(=CC3C(=O)NC(=S)N(c4ccccc4)C3=O)C(=O)N2C)cc1. The molecule has 0 saturated carbocycles. The average Bonchev–Trinajstić information content (AvgIpc) is 3.10. The van der Waals surface area contributed by atoms with Gasteiger partial charge in [0.25, 0.3) is 5.91 Å². The number of ether oxygens (including phenoxy) is 1. The van der Waals surface area contributed by atoms with Crippen LogP contribution in [0.1, 0.15) is 10.4 Å². The highest BCUT2D eigenvalue weighted by atomic mass is 32.2. The quantitative estimate of drug-likeness (QED) is 0.301. The highest BCUT2D eigenvalue weighted by Gasteiger charge is 2.40. The zero-order valence-electron chi connectivity index (χ0n) is 18.1. The number of carbonyl (C=O) groups is 4. The van der Waals surface area contributed by atoms with E-state index in [1.54, 1.807) is 61.6 Å². The molecule has 2 fully saturated rings. The lowest BCUT2D eigenvalue weighted by molar-refractivity contribution is -0.131. The van der Waals surface area contributed by atoms with Gasteiger partial charge in [0.15, 0.2) is 10.3 Å². The maximum atomic E-state index is 13.1. The van der Waals surface area contributed by atoms with Crippen LogP contribution in [0, 0.1) is 5.92 Å². The number of aliphatic imine (C=N–C) groups is 1. The van der Waals surface area contributed by atoms with Gasteiger partial charge in [-0.1, -0.05) is 18.2 Å². The van der Waals surface area contributed by atoms with E-state index in [2.05, 4.69) is 15.0 Å². The van der Waals surface area contributed by atoms with Crippen LogP contribution in [-0.2, 0) is 19.1 Å². The molecule has 172 valence electrons. The van der Waals surface area contributed by atoms with Crippen molar-refractivity contribution in [1.82, 2.24) is 10.2 Å². The Balaban J connectivity index is 1.59. The summed E-state index contributed by atoms with van der Waals surface area (Å²) in [6.07, 6.45) is 1.34. The average molecular weight is 495 g/mol. The summed E-state index contributed by atoms with van der Waals surface area (Å²) in [5.74, 6) is -3.24. The second-order valence-corrected chi connectivity index (χ2v) is 8.61. The Hall–Kier alpha value is -3.83. The number of likely N-dealkylation sites (N-methyl/N-ethyl adjacent to an activating group) is 1. The van der Waals surface area contributed by atoms with Crippen molar-refractivity contribution in [3.8, 4) is 0 Å². The monoisotopic (exact) mass is 494 g/mol. The predicted molar refractivity (Wildman–Crippen MR) is 131 cm³/mol. The number of thiocarbonyl (C=S) groups is 1. The zero-order chi connectivity index (χ0) is 24.4. The highest BCUT2D eigenvalue weighted by Crippen LogP contribution is 2.33. The molecule has 2 saturated heterocycles. The third-order valence-corrected chi connectivity index (χ3v) is 6.41. The van der Waals surface area contributed by atoms with Crippen LogP contribution in [0.2, 0.25) is 0 Å². The summed E-state index contributed by atoms with van der Waals surface area (Å²) in [6, 6.07) is 15.1. The van der Waals surface area contributed by atoms with Gasteiger partial charge in [-0.25, -0.2) is 9.79 Å². The van der Waals surface area contributed by atoms with Gasteiger partial charge in [0.2, 0.25) is 11.8 Å². The number of anilines is 1. The van der Waals surface area contributed by atoms with Crippen molar-refractivity contribution in [1.29, 1.82) is 0 Å². The van der Waals surface area contributed by atoms with Crippen molar-refractivity contribution >= 4 is 69.3 Å². The van der Waals surface area contributed by atoms with E-state index in [4.69, 9.17) is 12.2 Å². The Morgan fingerprint density at radius 1 is 1.12 bits per heavy atom. The molecule has 3 amide bonds. The Morgan fingerprint density at radius 2 is 1.79 bits per heavy atom. The van der Waals surface area contributed by atoms with E-state index in [0.29, 0.717) is 22.1 Å². The number of amides is 3. The maximum absolute atomic E-state index is 13.1. The van der Waals surface area contributed by atoms with Gasteiger partial charge in [-0.2, -0.15) is 0 Å². The van der Waals surface area contributed by atoms with Gasteiger partial charge in [0, 0.05) is 7.05 Å². The summed E-state index contributed by atoms with van der Waals surface area (Å²) in [5, 5.41) is 2.87. The van der Waals surface area contributed by atoms with Crippen molar-refractivity contribution in [3.05, 3.63) is 71.1 Å². The third kappa shape index (κ3) is 4.47. The fourth-order valence-electron chi connectivity index (χ4n) is 3.28. The number of carbonyl (C=O) groups excluding carboxylic acids is 4. The Morgan fingerprint density at radius 3 is 2.44 bits per heavy atom. The van der Waals surface area contributed by atoms with Crippen molar-refractivity contribution < 1.29 is 23.9 Å². The van der Waals surface area contributed by atoms with Crippen LogP contribution in [0.4, 0.5) is 11.4 Å². The lowest BCUT2D eigenvalue weighted by atomic mass is 10.0. The summed E-state index contributed by atoms with van der Waals surface area (Å²) in [4.78, 5) is 57.3. The minimum Gasteiger partial charge on any atom is -0.465 e. The number of methoxy groups -OCH3 is 1. The number of para-hydroxylation sites is 1. The van der Waals surface area contributed by atoms with Gasteiger partial charge >= 0.3 is 5.97 Å². The molecule has 2 aliphatic heterocycles. The van der Waals surface area contributed by atoms with Crippen LogP contribution in [0.5, 0.6) is 0 Å². The summed E-state index contributed by atoms with van der Waals surface area (Å²) in [7, 11) is 2.84. The minimum absolute atomic E-state index is 0.0176. The van der Waals surface area contributed by atoms with Crippen LogP contribution in [0.3, 0.4) is 0 Å². The minimum atomic E-state index is -1.23. The number of esters is 1. The van der Waals surface area contributed by atoms with E-state index in [1.807, 2.05) is 0 Å². The van der Waals surface area contributed by atoms with E-state index in [-0.39, 0.29) is 10.0 Å². The number of amidine groups is 1. The van der Waals surface area contributed by atoms with E-state index in [9.17, 15) is 19.2 Å². The van der Waals surface area contributed by atoms with Crippen LogP contribution in [-0.4, -0.2) is 53.0 Å². The Bertz CT molecular complexity index is 1260. The molecule has 1 atom stereocenters. The molecule has 0 spiro atoms. The molecule has 0 radical (unpaired) electrons. The molecule has 2 aromatic rings. The molecule has 9 nitrogen and oxygen atoms in total. The first-order chi connectivity index (χ1) is 16.3. The molecule has 0 bridgehead atoms. The summed E-state index contributed by atoms with van der Waals surface area (Å²) in [6.45, 7) is 0. The van der Waals surface area contributed by atoms with Crippen LogP contribution in [0.25, 0.3) is 0 Å². The Labute approximate surface area is 204 Å². The van der Waals surface area contributed by atoms with Crippen LogP contribution < -0.4 is 10.2 Å². The number of benzene rings is 2. The molecule has 1 N–H and O–H groups in total. The fourth-order valence-corrected chi connectivity index (χ4v) is 4.57. The second-order valence-electron chi connectivity index (χ2n) is 7.21. The first-order valence-corrected chi connectivity index (χ1v) is 11.2. The summed E-state index contributed by atoms with van der Waals surface area (Å²) >= 11 is 6.23. The van der Waals surface area contributed by atoms with Gasteiger partial charge in [0.1, 0.15) is 5.92 Å². The first kappa shape index (κ1) is 23.3. The largest absolute Gasteiger partial charge is 0.465 e. The number of hydrogen-bond donors (Lipinski definition) is 1. The lowest BCUT2D eigenvalue weighted by Gasteiger charge is -2.31. The first-order valence-electron chi connectivity index (χ1n) is 9.99. The number of nitrogens with zero attached hydrogens (tertiary/aromatic N) is 3. The van der Waals surface area contributed by atoms with Crippen molar-refractivity contribution in [3.63, 3.8) is 0 Å². The van der Waals surface area contributed by atoms with Gasteiger partial charge < -0.3 is 10.1 Å². The number of thioether (sulfide) groups is 1. The van der Waals surface area contributed by atoms with E-state index < -0.39 is 29.6 Å². The summed E-state index contributed by atoms with van der Waals surface area (Å²) < 4.78 is 4.68. The fraction of sp³-hybridized carbons (Fsp3) is 0.130. The number of hydrogen-bond acceptors (Lipinski definition) is 8. The van der Waals surface area contributed by atoms with Gasteiger partial charge in [-0.05, 0) is 66.5 Å². The lowest BCUT2D eigenvalue weighted by Crippen LogP contribution is -2.57. The summed E-state index contributed by atoms with van der Waals surface area (Å²) in [5.41, 5.74) is 1.41. The molecular formula is C23H18N4O5S2. The van der Waals surface area contributed by atoms with Crippen molar-refractivity contribution in [2.75, 3.05) is 19.1 Å². The van der Waals surface area contributed by atoms with Gasteiger partial charge in [-0.15, -0.1) is 0 Å². The normalized spacial score (nSPS) is 20.8. The molecule has 2 heterocycles. The molecule has 0 aliphatic carbocycles. The molecular weight excluding hydrogens is 476 g/mol. The molecule has 34 heavy (non-hydrogen) atoms. The molecule has 2 aromatic carbocycles. The van der Waals surface area contributed by atoms with Crippen LogP contribution in [0.15, 0.2) is 70.6 Å².